The molecule has 8 nitrogen and oxygen atoms in total. The van der Waals surface area contributed by atoms with Crippen LogP contribution < -0.4 is 4.89 Å². The van der Waals surface area contributed by atoms with E-state index in [1.165, 1.54) is 89.9 Å². The summed E-state index contributed by atoms with van der Waals surface area (Å²) in [6.07, 6.45) is 57.8. The number of rotatable bonds is 45. The van der Waals surface area contributed by atoms with E-state index in [0.29, 0.717) is 24.1 Å². The van der Waals surface area contributed by atoms with Crippen molar-refractivity contribution in [1.29, 1.82) is 0 Å². The Balaban J connectivity index is 4.20. The van der Waals surface area contributed by atoms with Gasteiger partial charge in [-0.15, -0.1) is 0 Å². The van der Waals surface area contributed by atoms with E-state index in [1.807, 2.05) is 21.1 Å². The molecule has 0 amide bonds. The van der Waals surface area contributed by atoms with E-state index in [1.54, 1.807) is 0 Å². The van der Waals surface area contributed by atoms with Crippen LogP contribution in [0.2, 0.25) is 0 Å². The lowest BCUT2D eigenvalue weighted by atomic mass is 10.1. The second kappa shape index (κ2) is 44.5. The molecule has 0 aromatic carbocycles. The number of hydrogen-bond acceptors (Lipinski definition) is 7. The molecule has 0 saturated heterocycles. The Morgan fingerprint density at radius 1 is 0.525 bits per heavy atom. The summed E-state index contributed by atoms with van der Waals surface area (Å²) >= 11 is 0. The summed E-state index contributed by atoms with van der Waals surface area (Å²) in [5.74, 6) is -0.348. The number of likely N-dealkylation sites (N-methyl/N-ethyl adjacent to an activating group) is 1. The minimum Gasteiger partial charge on any atom is -0.756 e. The SMILES string of the molecule is CC/C=C\C/C=C\C/C=C\CCCCCCCCOCC(COP(=O)([O-])OCC[N+](C)(C)C)OC(=O)CCCCCCCCCC/C=C\C/C=C\C/C=C\CCCCCCC. The number of carbonyl (C=O) groups excluding carboxylic acids is 1. The van der Waals surface area contributed by atoms with Crippen LogP contribution in [-0.2, 0) is 27.9 Å². The monoisotopic (exact) mass is 876 g/mol. The van der Waals surface area contributed by atoms with Gasteiger partial charge in [-0.3, -0.25) is 9.36 Å². The molecule has 0 bridgehead atoms. The molecule has 0 heterocycles. The normalized spacial score (nSPS) is 14.3. The lowest BCUT2D eigenvalue weighted by Crippen LogP contribution is -2.37. The highest BCUT2D eigenvalue weighted by atomic mass is 31.2. The molecular weight excluding hydrogens is 782 g/mol. The van der Waals surface area contributed by atoms with E-state index in [4.69, 9.17) is 18.5 Å². The molecule has 0 aromatic rings. The Bertz CT molecular complexity index is 1200. The fourth-order valence-electron chi connectivity index (χ4n) is 6.45. The summed E-state index contributed by atoms with van der Waals surface area (Å²) in [5.41, 5.74) is 0. The van der Waals surface area contributed by atoms with E-state index in [-0.39, 0.29) is 25.8 Å². The molecule has 2 atom stereocenters. The van der Waals surface area contributed by atoms with E-state index in [2.05, 4.69) is 86.8 Å². The highest BCUT2D eigenvalue weighted by molar-refractivity contribution is 7.45. The summed E-state index contributed by atoms with van der Waals surface area (Å²) in [6, 6.07) is 0. The zero-order valence-electron chi connectivity index (χ0n) is 40.1. The first-order valence-electron chi connectivity index (χ1n) is 24.7. The molecule has 0 spiro atoms. The Hall–Kier alpha value is -2.06. The second-order valence-electron chi connectivity index (χ2n) is 17.4. The molecule has 0 aliphatic heterocycles. The van der Waals surface area contributed by atoms with Gasteiger partial charge in [0.2, 0.25) is 0 Å². The molecule has 0 rings (SSSR count). The third-order valence-corrected chi connectivity index (χ3v) is 11.2. The highest BCUT2D eigenvalue weighted by Crippen LogP contribution is 2.38. The van der Waals surface area contributed by atoms with Crippen molar-refractivity contribution in [3.63, 3.8) is 0 Å². The number of phosphoric acid groups is 1. The molecule has 9 heteroatoms. The van der Waals surface area contributed by atoms with Crippen LogP contribution in [0.4, 0.5) is 0 Å². The first-order valence-corrected chi connectivity index (χ1v) is 26.1. The summed E-state index contributed by atoms with van der Waals surface area (Å²) in [4.78, 5) is 25.1. The van der Waals surface area contributed by atoms with Gasteiger partial charge in [0.25, 0.3) is 7.82 Å². The molecule has 354 valence electrons. The van der Waals surface area contributed by atoms with Crippen LogP contribution in [0.5, 0.6) is 0 Å². The number of allylic oxidation sites excluding steroid dienone is 12. The van der Waals surface area contributed by atoms with Crippen LogP contribution in [-0.4, -0.2) is 70.7 Å². The zero-order valence-corrected chi connectivity index (χ0v) is 41.0. The number of carbonyl (C=O) groups is 1. The van der Waals surface area contributed by atoms with Crippen LogP contribution in [0.15, 0.2) is 72.9 Å². The molecule has 2 unspecified atom stereocenters. The van der Waals surface area contributed by atoms with Gasteiger partial charge in [-0.1, -0.05) is 177 Å². The van der Waals surface area contributed by atoms with Gasteiger partial charge >= 0.3 is 5.97 Å². The fourth-order valence-corrected chi connectivity index (χ4v) is 7.18. The van der Waals surface area contributed by atoms with Crippen LogP contribution in [0.1, 0.15) is 194 Å². The van der Waals surface area contributed by atoms with Gasteiger partial charge in [0.1, 0.15) is 19.3 Å². The minimum absolute atomic E-state index is 0.0181. The average molecular weight is 876 g/mol. The number of quaternary nitrogens is 1. The molecule has 0 N–H and O–H groups in total. The minimum atomic E-state index is -4.54. The summed E-state index contributed by atoms with van der Waals surface area (Å²) in [5, 5.41) is 0. The molecule has 0 aliphatic carbocycles. The Morgan fingerprint density at radius 3 is 1.43 bits per heavy atom. The van der Waals surface area contributed by atoms with Crippen LogP contribution in [0, 0.1) is 0 Å². The van der Waals surface area contributed by atoms with Crippen molar-refractivity contribution in [2.75, 3.05) is 54.1 Å². The first-order chi connectivity index (χ1) is 29.6. The van der Waals surface area contributed by atoms with Gasteiger partial charge in [-0.25, -0.2) is 0 Å². The number of ether oxygens (including phenoxy) is 2. The van der Waals surface area contributed by atoms with E-state index in [0.717, 1.165) is 83.5 Å². The predicted octanol–water partition coefficient (Wildman–Crippen LogP) is 14.4. The van der Waals surface area contributed by atoms with Gasteiger partial charge in [-0.05, 0) is 83.5 Å². The maximum atomic E-state index is 12.7. The first kappa shape index (κ1) is 58.9. The van der Waals surface area contributed by atoms with Gasteiger partial charge < -0.3 is 27.9 Å². The molecule has 61 heavy (non-hydrogen) atoms. The van der Waals surface area contributed by atoms with Crippen LogP contribution >= 0.6 is 7.82 Å². The summed E-state index contributed by atoms with van der Waals surface area (Å²) in [6.45, 7) is 5.24. The molecular formula is C52H94NO7P. The molecule has 0 radical (unpaired) electrons. The second-order valence-corrected chi connectivity index (χ2v) is 18.8. The molecule has 0 saturated carbocycles. The van der Waals surface area contributed by atoms with Crippen molar-refractivity contribution in [2.24, 2.45) is 0 Å². The third-order valence-electron chi connectivity index (χ3n) is 10.2. The maximum absolute atomic E-state index is 12.7. The van der Waals surface area contributed by atoms with Crippen molar-refractivity contribution in [3.05, 3.63) is 72.9 Å². The predicted molar refractivity (Wildman–Crippen MR) is 259 cm³/mol. The topological polar surface area (TPSA) is 94.1 Å². The standard InChI is InChI=1S/C52H94NO7P/c1-6-8-10-12-14-16-18-20-22-24-25-26-27-28-29-30-31-33-35-37-39-41-43-45-52(54)60-51(50-59-61(55,56)58-48-46-53(3,4)5)49-57-47-44-42-40-38-36-34-32-23-21-19-17-15-13-11-9-7-2/h9,11,15,17-18,20-21,23-25,27-28,51H,6-8,10,12-14,16,19,22,26,29-50H2,1-5H3/b11-9-,17-15-,20-18-,23-21-,25-24-,28-27-. The highest BCUT2D eigenvalue weighted by Gasteiger charge is 2.20. The summed E-state index contributed by atoms with van der Waals surface area (Å²) < 4.78 is 34.7. The largest absolute Gasteiger partial charge is 0.756 e. The zero-order chi connectivity index (χ0) is 44.8. The molecule has 0 fully saturated rings. The van der Waals surface area contributed by atoms with Gasteiger partial charge in [0, 0.05) is 13.0 Å². The maximum Gasteiger partial charge on any atom is 0.306 e. The number of hydrogen-bond donors (Lipinski definition) is 0. The summed E-state index contributed by atoms with van der Waals surface area (Å²) in [7, 11) is 1.33. The van der Waals surface area contributed by atoms with E-state index >= 15 is 0 Å². The van der Waals surface area contributed by atoms with Gasteiger partial charge in [0.05, 0.1) is 34.4 Å². The van der Waals surface area contributed by atoms with Gasteiger partial charge in [0.15, 0.2) is 0 Å². The Kier molecular flexibility index (Phi) is 43.0. The van der Waals surface area contributed by atoms with Crippen molar-refractivity contribution in [1.82, 2.24) is 0 Å². The van der Waals surface area contributed by atoms with Crippen molar-refractivity contribution >= 4 is 13.8 Å². The fraction of sp³-hybridized carbons (Fsp3) is 0.750. The Morgan fingerprint density at radius 2 is 0.951 bits per heavy atom. The number of unbranched alkanes of at least 4 members (excludes halogenated alkanes) is 19. The molecule has 0 aliphatic rings. The number of nitrogens with zero attached hydrogens (tertiary/aromatic N) is 1. The smallest absolute Gasteiger partial charge is 0.306 e. The van der Waals surface area contributed by atoms with Crippen molar-refractivity contribution < 1.29 is 37.3 Å². The van der Waals surface area contributed by atoms with Crippen LogP contribution in [0.3, 0.4) is 0 Å². The lowest BCUT2D eigenvalue weighted by molar-refractivity contribution is -0.870. The van der Waals surface area contributed by atoms with Crippen molar-refractivity contribution in [2.45, 2.75) is 200 Å². The number of esters is 1. The van der Waals surface area contributed by atoms with E-state index in [9.17, 15) is 14.3 Å². The average Bonchev–Trinajstić information content (AvgIpc) is 3.22. The molecule has 0 aromatic heterocycles. The van der Waals surface area contributed by atoms with Gasteiger partial charge in [-0.2, -0.15) is 0 Å². The number of phosphoric ester groups is 1. The quantitative estimate of drug-likeness (QED) is 0.0198. The van der Waals surface area contributed by atoms with Crippen LogP contribution in [0.25, 0.3) is 0 Å². The lowest BCUT2D eigenvalue weighted by Gasteiger charge is -2.28. The van der Waals surface area contributed by atoms with Crippen molar-refractivity contribution in [3.8, 4) is 0 Å². The van der Waals surface area contributed by atoms with E-state index < -0.39 is 13.9 Å². The third kappa shape index (κ3) is 48.8. The Labute approximate surface area is 376 Å².